The van der Waals surface area contributed by atoms with E-state index in [1.165, 1.54) is 16.7 Å². The topological polar surface area (TPSA) is 69.6 Å². The molecule has 37 heavy (non-hydrogen) atoms. The number of benzene rings is 2. The van der Waals surface area contributed by atoms with Gasteiger partial charge in [0, 0.05) is 42.2 Å². The summed E-state index contributed by atoms with van der Waals surface area (Å²) >= 11 is 0. The molecule has 6 rings (SSSR count). The van der Waals surface area contributed by atoms with Gasteiger partial charge in [-0.05, 0) is 68.2 Å². The fraction of sp³-hybridized carbons (Fsp3) is 0.300. The molecule has 188 valence electrons. The molecule has 0 aliphatic carbocycles. The third-order valence-electron chi connectivity index (χ3n) is 7.18. The minimum Gasteiger partial charge on any atom is -0.493 e. The number of hydrogen-bond acceptors (Lipinski definition) is 7. The number of nitrogens with zero attached hydrogens (tertiary/aromatic N) is 4. The lowest BCUT2D eigenvalue weighted by molar-refractivity contribution is 0.171. The number of piperidine rings is 1. The van der Waals surface area contributed by atoms with E-state index >= 15 is 0 Å². The molecule has 0 saturated carbocycles. The number of rotatable bonds is 6. The zero-order valence-corrected chi connectivity index (χ0v) is 21.2. The smallest absolute Gasteiger partial charge is 0.231 e. The molecule has 0 unspecified atom stereocenters. The van der Waals surface area contributed by atoms with Crippen LogP contribution in [0.4, 0.5) is 0 Å². The van der Waals surface area contributed by atoms with Crippen molar-refractivity contribution in [3.8, 4) is 39.8 Å². The summed E-state index contributed by atoms with van der Waals surface area (Å²) in [7, 11) is 1.67. The van der Waals surface area contributed by atoms with Gasteiger partial charge in [0.2, 0.25) is 12.5 Å². The minimum atomic E-state index is 0.240. The van der Waals surface area contributed by atoms with Crippen LogP contribution < -0.4 is 14.2 Å². The molecular formula is C30H30N4O3. The van der Waals surface area contributed by atoms with Crippen molar-refractivity contribution in [3.63, 3.8) is 0 Å². The molecule has 7 nitrogen and oxygen atoms in total. The van der Waals surface area contributed by atoms with Crippen LogP contribution in [0.25, 0.3) is 22.5 Å². The number of ether oxygens (including phenoxy) is 3. The van der Waals surface area contributed by atoms with Gasteiger partial charge in [-0.1, -0.05) is 29.8 Å². The molecule has 2 aliphatic rings. The fourth-order valence-corrected chi connectivity index (χ4v) is 5.28. The van der Waals surface area contributed by atoms with Crippen molar-refractivity contribution in [2.75, 3.05) is 27.0 Å². The Hall–Kier alpha value is -3.97. The van der Waals surface area contributed by atoms with Gasteiger partial charge >= 0.3 is 0 Å². The fourth-order valence-electron chi connectivity index (χ4n) is 5.28. The highest BCUT2D eigenvalue weighted by atomic mass is 16.7. The van der Waals surface area contributed by atoms with Crippen LogP contribution in [0, 0.1) is 6.92 Å². The molecule has 2 aliphatic heterocycles. The number of fused-ring (bicyclic) bond motifs is 1. The maximum absolute atomic E-state index is 5.62. The number of aryl methyl sites for hydroxylation is 1. The summed E-state index contributed by atoms with van der Waals surface area (Å²) in [6.45, 7) is 5.19. The lowest BCUT2D eigenvalue weighted by atomic mass is 9.88. The first-order valence-corrected chi connectivity index (χ1v) is 12.7. The predicted molar refractivity (Wildman–Crippen MR) is 142 cm³/mol. The third-order valence-corrected chi connectivity index (χ3v) is 7.18. The van der Waals surface area contributed by atoms with Crippen molar-refractivity contribution in [2.24, 2.45) is 0 Å². The Morgan fingerprint density at radius 3 is 2.62 bits per heavy atom. The van der Waals surface area contributed by atoms with Gasteiger partial charge in [0.25, 0.3) is 0 Å². The van der Waals surface area contributed by atoms with Gasteiger partial charge < -0.3 is 14.2 Å². The van der Waals surface area contributed by atoms with Gasteiger partial charge in [-0.2, -0.15) is 0 Å². The largest absolute Gasteiger partial charge is 0.493 e. The molecule has 1 fully saturated rings. The Morgan fingerprint density at radius 1 is 1.00 bits per heavy atom. The van der Waals surface area contributed by atoms with Crippen LogP contribution >= 0.6 is 0 Å². The summed E-state index contributed by atoms with van der Waals surface area (Å²) < 4.78 is 16.7. The molecule has 4 heterocycles. The zero-order chi connectivity index (χ0) is 25.2. The highest BCUT2D eigenvalue weighted by Gasteiger charge is 2.27. The number of hydrogen-bond donors (Lipinski definition) is 0. The monoisotopic (exact) mass is 494 g/mol. The Bertz CT molecular complexity index is 1400. The van der Waals surface area contributed by atoms with Crippen LogP contribution in [0.2, 0.25) is 0 Å². The van der Waals surface area contributed by atoms with Gasteiger partial charge in [-0.25, -0.2) is 9.97 Å². The summed E-state index contributed by atoms with van der Waals surface area (Å²) in [6.07, 6.45) is 7.64. The van der Waals surface area contributed by atoms with Gasteiger partial charge in [0.15, 0.2) is 17.3 Å². The second kappa shape index (κ2) is 10.2. The number of methoxy groups -OCH3 is 1. The zero-order valence-electron chi connectivity index (χ0n) is 21.2. The summed E-state index contributed by atoms with van der Waals surface area (Å²) in [6, 6.07) is 16.7. The molecule has 4 aromatic rings. The molecule has 0 radical (unpaired) electrons. The van der Waals surface area contributed by atoms with Gasteiger partial charge in [0.05, 0.1) is 12.8 Å². The molecule has 2 aromatic heterocycles. The average Bonchev–Trinajstić information content (AvgIpc) is 3.42. The molecule has 0 atom stereocenters. The second-order valence-electron chi connectivity index (χ2n) is 9.68. The quantitative estimate of drug-likeness (QED) is 0.344. The summed E-state index contributed by atoms with van der Waals surface area (Å²) in [4.78, 5) is 16.5. The normalized spacial score (nSPS) is 15.6. The van der Waals surface area contributed by atoms with Crippen LogP contribution in [-0.4, -0.2) is 46.8 Å². The van der Waals surface area contributed by atoms with Crippen molar-refractivity contribution in [1.82, 2.24) is 19.9 Å². The van der Waals surface area contributed by atoms with E-state index < -0.39 is 0 Å². The first kappa shape index (κ1) is 23.4. The molecule has 0 bridgehead atoms. The lowest BCUT2D eigenvalue weighted by Gasteiger charge is -2.32. The standard InChI is InChI=1S/C30H30N4O3/c1-20-4-3-5-24(14-20)25-17-32-30(23-6-10-31-11-7-23)33-28(25)22-8-12-34(13-9-22)18-21-15-26(35-2)29-27(16-21)36-19-37-29/h3-7,10-11,14-17,22H,8-9,12-13,18-19H2,1-2H3. The molecule has 0 N–H and O–H groups in total. The molecule has 0 amide bonds. The second-order valence-corrected chi connectivity index (χ2v) is 9.68. The van der Waals surface area contributed by atoms with Crippen LogP contribution in [-0.2, 0) is 6.54 Å². The maximum Gasteiger partial charge on any atom is 0.231 e. The van der Waals surface area contributed by atoms with E-state index in [4.69, 9.17) is 24.2 Å². The van der Waals surface area contributed by atoms with E-state index in [2.05, 4.69) is 53.2 Å². The van der Waals surface area contributed by atoms with Crippen LogP contribution in [0.5, 0.6) is 17.2 Å². The Morgan fingerprint density at radius 2 is 1.84 bits per heavy atom. The molecular weight excluding hydrogens is 464 g/mol. The van der Waals surface area contributed by atoms with Crippen LogP contribution in [0.1, 0.15) is 35.6 Å². The van der Waals surface area contributed by atoms with Crippen LogP contribution in [0.3, 0.4) is 0 Å². The van der Waals surface area contributed by atoms with E-state index in [1.54, 1.807) is 19.5 Å². The summed E-state index contributed by atoms with van der Waals surface area (Å²) in [5, 5.41) is 0. The van der Waals surface area contributed by atoms with Crippen molar-refractivity contribution in [1.29, 1.82) is 0 Å². The number of pyridine rings is 1. The third kappa shape index (κ3) is 4.87. The maximum atomic E-state index is 5.62. The summed E-state index contributed by atoms with van der Waals surface area (Å²) in [5.74, 6) is 3.30. The number of likely N-dealkylation sites (tertiary alicyclic amines) is 1. The van der Waals surface area contributed by atoms with Gasteiger partial charge in [-0.15, -0.1) is 0 Å². The van der Waals surface area contributed by atoms with Crippen molar-refractivity contribution in [3.05, 3.63) is 83.9 Å². The van der Waals surface area contributed by atoms with Crippen molar-refractivity contribution >= 4 is 0 Å². The lowest BCUT2D eigenvalue weighted by Crippen LogP contribution is -2.33. The van der Waals surface area contributed by atoms with E-state index in [0.717, 1.165) is 66.6 Å². The summed E-state index contributed by atoms with van der Waals surface area (Å²) in [5.41, 5.74) is 6.82. The van der Waals surface area contributed by atoms with E-state index in [0.29, 0.717) is 11.7 Å². The Balaban J connectivity index is 1.24. The Labute approximate surface area is 217 Å². The molecule has 7 heteroatoms. The van der Waals surface area contributed by atoms with Gasteiger partial charge in [0.1, 0.15) is 0 Å². The minimum absolute atomic E-state index is 0.240. The first-order valence-electron chi connectivity index (χ1n) is 12.7. The average molecular weight is 495 g/mol. The van der Waals surface area contributed by atoms with Gasteiger partial charge in [-0.3, -0.25) is 9.88 Å². The van der Waals surface area contributed by atoms with Crippen molar-refractivity contribution in [2.45, 2.75) is 32.2 Å². The molecule has 2 aromatic carbocycles. The highest BCUT2D eigenvalue weighted by molar-refractivity contribution is 5.68. The van der Waals surface area contributed by atoms with Crippen molar-refractivity contribution < 1.29 is 14.2 Å². The van der Waals surface area contributed by atoms with E-state index in [9.17, 15) is 0 Å². The SMILES string of the molecule is COc1cc(CN2CCC(c3nc(-c4ccncc4)ncc3-c3cccc(C)c3)CC2)cc2c1OCO2. The molecule has 1 saturated heterocycles. The van der Waals surface area contributed by atoms with Crippen LogP contribution in [0.15, 0.2) is 67.1 Å². The van der Waals surface area contributed by atoms with E-state index in [1.807, 2.05) is 18.3 Å². The van der Waals surface area contributed by atoms with E-state index in [-0.39, 0.29) is 6.79 Å². The predicted octanol–water partition coefficient (Wildman–Crippen LogP) is 5.63. The Kier molecular flexibility index (Phi) is 6.45. The first-order chi connectivity index (χ1) is 18.2. The number of aromatic nitrogens is 3. The molecule has 0 spiro atoms. The highest BCUT2D eigenvalue weighted by Crippen LogP contribution is 2.42.